The van der Waals surface area contributed by atoms with E-state index in [1.165, 1.54) is 0 Å². The Hall–Kier alpha value is -1.20. The van der Waals surface area contributed by atoms with Crippen molar-refractivity contribution in [3.63, 3.8) is 0 Å². The van der Waals surface area contributed by atoms with Crippen LogP contribution in [0.2, 0.25) is 0 Å². The molecule has 0 radical (unpaired) electrons. The highest BCUT2D eigenvalue weighted by Crippen LogP contribution is 2.20. The van der Waals surface area contributed by atoms with E-state index >= 15 is 0 Å². The molecule has 0 spiro atoms. The van der Waals surface area contributed by atoms with E-state index < -0.39 is 23.4 Å². The second-order valence-corrected chi connectivity index (χ2v) is 2.69. The molecule has 1 aromatic carbocycles. The van der Waals surface area contributed by atoms with Crippen LogP contribution in [-0.4, -0.2) is 11.7 Å². The molecule has 0 saturated heterocycles. The molecule has 0 aliphatic heterocycles. The number of aliphatic hydroxyl groups is 1. The highest BCUT2D eigenvalue weighted by molar-refractivity contribution is 5.43. The minimum absolute atomic E-state index is 0.187. The Bertz CT molecular complexity index is 294. The second kappa shape index (κ2) is 3.68. The number of anilines is 1. The van der Waals surface area contributed by atoms with Crippen LogP contribution in [0.25, 0.3) is 0 Å². The van der Waals surface area contributed by atoms with Crippen LogP contribution in [0.5, 0.6) is 0 Å². The van der Waals surface area contributed by atoms with Crippen molar-refractivity contribution in [2.24, 2.45) is 5.73 Å². The van der Waals surface area contributed by atoms with E-state index in [0.29, 0.717) is 0 Å². The molecule has 0 aromatic heterocycles. The minimum atomic E-state index is -0.862. The summed E-state index contributed by atoms with van der Waals surface area (Å²) in [4.78, 5) is 0. The van der Waals surface area contributed by atoms with Gasteiger partial charge in [-0.2, -0.15) is 0 Å². The molecule has 3 nitrogen and oxygen atoms in total. The lowest BCUT2D eigenvalue weighted by Crippen LogP contribution is -2.15. The lowest BCUT2D eigenvalue weighted by molar-refractivity contribution is 0.267. The first-order valence-electron chi connectivity index (χ1n) is 3.67. The Kier molecular flexibility index (Phi) is 2.79. The lowest BCUT2D eigenvalue weighted by Gasteiger charge is -2.09. The van der Waals surface area contributed by atoms with Crippen molar-refractivity contribution in [3.8, 4) is 0 Å². The zero-order valence-electron chi connectivity index (χ0n) is 6.80. The normalized spacial score (nSPS) is 12.9. The van der Waals surface area contributed by atoms with Gasteiger partial charge < -0.3 is 16.6 Å². The van der Waals surface area contributed by atoms with Gasteiger partial charge >= 0.3 is 0 Å². The molecule has 0 amide bonds. The SMILES string of the molecule is Nc1c(F)cc([C@H](N)CO)cc1F. The number of benzene rings is 1. The van der Waals surface area contributed by atoms with Crippen molar-refractivity contribution >= 4 is 5.69 Å². The molecule has 0 aliphatic carbocycles. The first kappa shape index (κ1) is 9.88. The van der Waals surface area contributed by atoms with Crippen LogP contribution in [0, 0.1) is 11.6 Å². The Balaban J connectivity index is 3.13. The smallest absolute Gasteiger partial charge is 0.149 e. The minimum Gasteiger partial charge on any atom is -0.394 e. The average molecular weight is 188 g/mol. The number of hydrogen-bond donors (Lipinski definition) is 3. The van der Waals surface area contributed by atoms with Crippen molar-refractivity contribution in [2.45, 2.75) is 6.04 Å². The summed E-state index contributed by atoms with van der Waals surface area (Å²) in [7, 11) is 0. The fourth-order valence-corrected chi connectivity index (χ4v) is 0.923. The molecule has 0 aliphatic rings. The molecule has 0 unspecified atom stereocenters. The van der Waals surface area contributed by atoms with E-state index in [1.807, 2.05) is 0 Å². The van der Waals surface area contributed by atoms with Gasteiger partial charge in [-0.1, -0.05) is 0 Å². The van der Waals surface area contributed by atoms with Crippen LogP contribution in [0.15, 0.2) is 12.1 Å². The van der Waals surface area contributed by atoms with E-state index in [9.17, 15) is 8.78 Å². The Morgan fingerprint density at radius 3 is 2.15 bits per heavy atom. The third kappa shape index (κ3) is 1.93. The van der Waals surface area contributed by atoms with Gasteiger partial charge in [-0.15, -0.1) is 0 Å². The Morgan fingerprint density at radius 2 is 1.77 bits per heavy atom. The zero-order valence-corrected chi connectivity index (χ0v) is 6.80. The molecule has 0 fully saturated rings. The predicted molar refractivity (Wildman–Crippen MR) is 44.8 cm³/mol. The summed E-state index contributed by atoms with van der Waals surface area (Å²) in [6.45, 7) is -0.372. The van der Waals surface area contributed by atoms with Crippen molar-refractivity contribution in [3.05, 3.63) is 29.3 Å². The summed E-state index contributed by atoms with van der Waals surface area (Å²) in [5.74, 6) is -1.72. The summed E-state index contributed by atoms with van der Waals surface area (Å²) < 4.78 is 25.7. The van der Waals surface area contributed by atoms with Crippen LogP contribution in [0.1, 0.15) is 11.6 Å². The van der Waals surface area contributed by atoms with E-state index in [-0.39, 0.29) is 12.2 Å². The third-order valence-corrected chi connectivity index (χ3v) is 1.73. The third-order valence-electron chi connectivity index (χ3n) is 1.73. The van der Waals surface area contributed by atoms with Crippen molar-refractivity contribution in [2.75, 3.05) is 12.3 Å². The second-order valence-electron chi connectivity index (χ2n) is 2.69. The fourth-order valence-electron chi connectivity index (χ4n) is 0.923. The summed E-state index contributed by atoms with van der Waals surface area (Å²) in [6, 6.07) is 1.24. The quantitative estimate of drug-likeness (QED) is 0.593. The maximum absolute atomic E-state index is 12.8. The molecule has 5 heteroatoms. The maximum Gasteiger partial charge on any atom is 0.149 e. The standard InChI is InChI=1S/C8H10F2N2O/c9-5-1-4(7(11)3-13)2-6(10)8(5)12/h1-2,7,13H,3,11-12H2/t7-/m1/s1. The first-order valence-corrected chi connectivity index (χ1v) is 3.67. The van der Waals surface area contributed by atoms with Gasteiger partial charge in [0.05, 0.1) is 12.6 Å². The molecule has 1 aromatic rings. The average Bonchev–Trinajstić information content (AvgIpc) is 2.12. The first-order chi connectivity index (χ1) is 6.06. The zero-order chi connectivity index (χ0) is 10.0. The summed E-state index contributed by atoms with van der Waals surface area (Å²) >= 11 is 0. The van der Waals surface area contributed by atoms with Crippen LogP contribution in [0.3, 0.4) is 0 Å². The number of halogens is 2. The van der Waals surface area contributed by atoms with Crippen LogP contribution in [-0.2, 0) is 0 Å². The van der Waals surface area contributed by atoms with Crippen molar-refractivity contribution in [1.82, 2.24) is 0 Å². The number of hydrogen-bond acceptors (Lipinski definition) is 3. The molecule has 0 saturated carbocycles. The molecule has 72 valence electrons. The molecule has 0 heterocycles. The molecular weight excluding hydrogens is 178 g/mol. The van der Waals surface area contributed by atoms with Gasteiger partial charge in [-0.3, -0.25) is 0 Å². The number of rotatable bonds is 2. The number of nitrogens with two attached hydrogens (primary N) is 2. The van der Waals surface area contributed by atoms with Crippen LogP contribution >= 0.6 is 0 Å². The molecule has 0 bridgehead atoms. The summed E-state index contributed by atoms with van der Waals surface area (Å²) in [6.07, 6.45) is 0. The van der Waals surface area contributed by atoms with Gasteiger partial charge in [-0.05, 0) is 17.7 Å². The van der Waals surface area contributed by atoms with Gasteiger partial charge in [0.1, 0.15) is 17.3 Å². The van der Waals surface area contributed by atoms with E-state index in [4.69, 9.17) is 16.6 Å². The topological polar surface area (TPSA) is 72.3 Å². The van der Waals surface area contributed by atoms with Gasteiger partial charge in [0.2, 0.25) is 0 Å². The molecule has 13 heavy (non-hydrogen) atoms. The summed E-state index contributed by atoms with van der Waals surface area (Å²) in [5, 5.41) is 8.64. The highest BCUT2D eigenvalue weighted by atomic mass is 19.1. The monoisotopic (exact) mass is 188 g/mol. The van der Waals surface area contributed by atoms with E-state index in [0.717, 1.165) is 12.1 Å². The van der Waals surface area contributed by atoms with Crippen molar-refractivity contribution < 1.29 is 13.9 Å². The van der Waals surface area contributed by atoms with Crippen molar-refractivity contribution in [1.29, 1.82) is 0 Å². The van der Waals surface area contributed by atoms with E-state index in [2.05, 4.69) is 0 Å². The maximum atomic E-state index is 12.8. The Morgan fingerprint density at radius 1 is 1.31 bits per heavy atom. The fraction of sp³-hybridized carbons (Fsp3) is 0.250. The summed E-state index contributed by atoms with van der Waals surface area (Å²) in [5.41, 5.74) is 10.1. The van der Waals surface area contributed by atoms with Gasteiger partial charge in [0.15, 0.2) is 0 Å². The lowest BCUT2D eigenvalue weighted by atomic mass is 10.1. The van der Waals surface area contributed by atoms with Gasteiger partial charge in [0.25, 0.3) is 0 Å². The predicted octanol–water partition coefficient (Wildman–Crippen LogP) is 0.539. The van der Waals surface area contributed by atoms with Crippen LogP contribution < -0.4 is 11.5 Å². The largest absolute Gasteiger partial charge is 0.394 e. The highest BCUT2D eigenvalue weighted by Gasteiger charge is 2.11. The number of aliphatic hydroxyl groups excluding tert-OH is 1. The van der Waals surface area contributed by atoms with Gasteiger partial charge in [-0.25, -0.2) is 8.78 Å². The van der Waals surface area contributed by atoms with E-state index in [1.54, 1.807) is 0 Å². The Labute approximate surface area is 74.0 Å². The molecular formula is C8H10F2N2O. The molecule has 1 atom stereocenters. The van der Waals surface area contributed by atoms with Crippen LogP contribution in [0.4, 0.5) is 14.5 Å². The molecule has 1 rings (SSSR count). The number of nitrogen functional groups attached to an aromatic ring is 1. The van der Waals surface area contributed by atoms with Gasteiger partial charge in [0, 0.05) is 0 Å². The molecule has 5 N–H and O–H groups in total.